The Labute approximate surface area is 193 Å². The van der Waals surface area contributed by atoms with Crippen LogP contribution in [0, 0.1) is 0 Å². The SMILES string of the molecule is CC(C)Oc1ccccc1S(=O)(=O)NC(=O)c1cc2ccc(N(C)C)cc2o1.[H-].[Na+]. The van der Waals surface area contributed by atoms with E-state index in [0.717, 1.165) is 5.69 Å². The number of sulfonamides is 1. The fraction of sp³-hybridized carbons (Fsp3) is 0.250. The Kier molecular flexibility index (Phi) is 7.40. The van der Waals surface area contributed by atoms with Crippen molar-refractivity contribution in [3.05, 3.63) is 54.3 Å². The molecule has 1 aromatic heterocycles. The summed E-state index contributed by atoms with van der Waals surface area (Å²) >= 11 is 0. The van der Waals surface area contributed by atoms with Crippen LogP contribution in [0.4, 0.5) is 5.69 Å². The van der Waals surface area contributed by atoms with Crippen molar-refractivity contribution in [3.8, 4) is 5.75 Å². The number of para-hydroxylation sites is 1. The van der Waals surface area contributed by atoms with Crippen molar-refractivity contribution >= 4 is 32.6 Å². The van der Waals surface area contributed by atoms with Crippen LogP contribution in [-0.4, -0.2) is 34.5 Å². The van der Waals surface area contributed by atoms with Crippen LogP contribution in [0.1, 0.15) is 25.8 Å². The number of benzene rings is 2. The van der Waals surface area contributed by atoms with Crippen LogP contribution in [-0.2, 0) is 10.0 Å². The van der Waals surface area contributed by atoms with E-state index in [9.17, 15) is 13.2 Å². The second-order valence-electron chi connectivity index (χ2n) is 6.78. The van der Waals surface area contributed by atoms with Gasteiger partial charge in [0.25, 0.3) is 10.0 Å². The van der Waals surface area contributed by atoms with E-state index in [1.807, 2.05) is 35.9 Å². The molecule has 0 bridgehead atoms. The number of nitrogens with zero attached hydrogens (tertiary/aromatic N) is 1. The molecule has 0 aliphatic carbocycles. The first-order valence-electron chi connectivity index (χ1n) is 8.71. The second-order valence-corrected chi connectivity index (χ2v) is 8.43. The predicted molar refractivity (Wildman–Crippen MR) is 109 cm³/mol. The van der Waals surface area contributed by atoms with Gasteiger partial charge in [-0.3, -0.25) is 4.79 Å². The topological polar surface area (TPSA) is 88.8 Å². The van der Waals surface area contributed by atoms with E-state index >= 15 is 0 Å². The molecule has 29 heavy (non-hydrogen) atoms. The average molecular weight is 426 g/mol. The summed E-state index contributed by atoms with van der Waals surface area (Å²) in [6.07, 6.45) is -0.215. The summed E-state index contributed by atoms with van der Waals surface area (Å²) in [6.45, 7) is 3.58. The van der Waals surface area contributed by atoms with Crippen LogP contribution in [0.25, 0.3) is 11.0 Å². The van der Waals surface area contributed by atoms with E-state index in [-0.39, 0.29) is 53.5 Å². The van der Waals surface area contributed by atoms with Gasteiger partial charge in [0.2, 0.25) is 0 Å². The zero-order chi connectivity index (χ0) is 20.5. The molecule has 3 aromatic rings. The number of ether oxygens (including phenoxy) is 1. The third-order valence-electron chi connectivity index (χ3n) is 3.97. The minimum atomic E-state index is -4.14. The van der Waals surface area contributed by atoms with Crippen molar-refractivity contribution in [1.82, 2.24) is 4.72 Å². The third-order valence-corrected chi connectivity index (χ3v) is 5.34. The van der Waals surface area contributed by atoms with E-state index in [1.165, 1.54) is 12.1 Å². The fourth-order valence-electron chi connectivity index (χ4n) is 2.66. The number of furan rings is 1. The first-order chi connectivity index (χ1) is 13.2. The molecule has 1 N–H and O–H groups in total. The number of nitrogens with one attached hydrogen (secondary N) is 1. The monoisotopic (exact) mass is 426 g/mol. The van der Waals surface area contributed by atoms with Gasteiger partial charge in [0.05, 0.1) is 6.10 Å². The molecule has 7 nitrogen and oxygen atoms in total. The molecule has 0 atom stereocenters. The van der Waals surface area contributed by atoms with Crippen LogP contribution in [0.2, 0.25) is 0 Å². The van der Waals surface area contributed by atoms with E-state index in [0.29, 0.717) is 11.0 Å². The summed E-state index contributed by atoms with van der Waals surface area (Å²) in [6, 6.07) is 13.2. The summed E-state index contributed by atoms with van der Waals surface area (Å²) in [4.78, 5) is 14.3. The zero-order valence-electron chi connectivity index (χ0n) is 18.1. The Morgan fingerprint density at radius 3 is 2.48 bits per heavy atom. The molecule has 2 aromatic carbocycles. The van der Waals surface area contributed by atoms with Crippen LogP contribution in [0.5, 0.6) is 5.75 Å². The normalized spacial score (nSPS) is 11.2. The van der Waals surface area contributed by atoms with Crippen molar-refractivity contribution in [1.29, 1.82) is 0 Å². The van der Waals surface area contributed by atoms with E-state index in [1.54, 1.807) is 38.1 Å². The molecule has 0 radical (unpaired) electrons. The van der Waals surface area contributed by atoms with Gasteiger partial charge in [-0.2, -0.15) is 0 Å². The zero-order valence-corrected chi connectivity index (χ0v) is 19.9. The quantitative estimate of drug-likeness (QED) is 0.579. The first kappa shape index (κ1) is 23.3. The molecule has 0 fully saturated rings. The van der Waals surface area contributed by atoms with E-state index < -0.39 is 15.9 Å². The van der Waals surface area contributed by atoms with Gasteiger partial charge < -0.3 is 15.5 Å². The predicted octanol–water partition coefficient (Wildman–Crippen LogP) is 0.521. The summed E-state index contributed by atoms with van der Waals surface area (Å²) in [7, 11) is -0.356. The summed E-state index contributed by atoms with van der Waals surface area (Å²) < 4.78 is 38.6. The molecule has 0 saturated heterocycles. The van der Waals surface area contributed by atoms with Gasteiger partial charge in [-0.05, 0) is 44.2 Å². The molecule has 0 saturated carbocycles. The van der Waals surface area contributed by atoms with Gasteiger partial charge >= 0.3 is 35.5 Å². The van der Waals surface area contributed by atoms with Crippen molar-refractivity contribution in [2.45, 2.75) is 24.8 Å². The smallest absolute Gasteiger partial charge is 1.00 e. The molecular weight excluding hydrogens is 403 g/mol. The number of rotatable bonds is 6. The molecule has 1 amide bonds. The number of carbonyl (C=O) groups excluding carboxylic acids is 1. The molecule has 0 spiro atoms. The number of amides is 1. The second kappa shape index (κ2) is 9.21. The van der Waals surface area contributed by atoms with Gasteiger partial charge in [0.15, 0.2) is 5.76 Å². The molecular formula is C20H23N2NaO5S. The van der Waals surface area contributed by atoms with Crippen molar-refractivity contribution in [2.75, 3.05) is 19.0 Å². The standard InChI is InChI=1S/C20H22N2O5S.Na.H/c1-13(2)26-16-7-5-6-8-19(16)28(24,25)21-20(23)18-11-14-9-10-15(22(3)4)12-17(14)27-18;;/h5-13H,1-4H3,(H,21,23);;/q;+1;-1. The van der Waals surface area contributed by atoms with E-state index in [4.69, 9.17) is 9.15 Å². The van der Waals surface area contributed by atoms with Gasteiger partial charge in [-0.25, -0.2) is 13.1 Å². The maximum absolute atomic E-state index is 12.7. The number of hydrogen-bond donors (Lipinski definition) is 1. The number of carbonyl (C=O) groups is 1. The van der Waals surface area contributed by atoms with Crippen LogP contribution in [0.3, 0.4) is 0 Å². The van der Waals surface area contributed by atoms with E-state index in [2.05, 4.69) is 0 Å². The summed E-state index contributed by atoms with van der Waals surface area (Å²) in [5.74, 6) is -0.753. The molecule has 150 valence electrons. The van der Waals surface area contributed by atoms with Crippen LogP contribution in [0.15, 0.2) is 57.8 Å². The Balaban J connectivity index is 0.00000225. The number of fused-ring (bicyclic) bond motifs is 1. The summed E-state index contributed by atoms with van der Waals surface area (Å²) in [5.41, 5.74) is 1.40. The Hall–Kier alpha value is -2.00. The Morgan fingerprint density at radius 2 is 1.83 bits per heavy atom. The minimum Gasteiger partial charge on any atom is -1.00 e. The summed E-state index contributed by atoms with van der Waals surface area (Å²) in [5, 5.41) is 0.705. The van der Waals surface area contributed by atoms with Gasteiger partial charge in [-0.1, -0.05) is 12.1 Å². The fourth-order valence-corrected chi connectivity index (χ4v) is 3.75. The molecule has 0 unspecified atom stereocenters. The van der Waals surface area contributed by atoms with Crippen molar-refractivity contribution < 1.29 is 53.4 Å². The molecule has 3 rings (SSSR count). The van der Waals surface area contributed by atoms with Gasteiger partial charge in [0, 0.05) is 31.2 Å². The molecule has 9 heteroatoms. The van der Waals surface area contributed by atoms with Gasteiger partial charge in [-0.15, -0.1) is 0 Å². The Morgan fingerprint density at radius 1 is 1.14 bits per heavy atom. The average Bonchev–Trinajstić information content (AvgIpc) is 3.04. The maximum atomic E-state index is 12.7. The number of anilines is 1. The maximum Gasteiger partial charge on any atom is 1.00 e. The Bertz CT molecular complexity index is 1130. The third kappa shape index (κ3) is 5.33. The van der Waals surface area contributed by atoms with Gasteiger partial charge in [0.1, 0.15) is 16.2 Å². The minimum absolute atomic E-state index is 0. The molecule has 1 heterocycles. The van der Waals surface area contributed by atoms with Crippen LogP contribution >= 0.6 is 0 Å². The largest absolute Gasteiger partial charge is 1.00 e. The van der Waals surface area contributed by atoms with Crippen molar-refractivity contribution in [2.24, 2.45) is 0 Å². The molecule has 0 aliphatic rings. The van der Waals surface area contributed by atoms with Crippen LogP contribution < -0.4 is 43.9 Å². The first-order valence-corrected chi connectivity index (χ1v) is 10.2. The number of hydrogen-bond acceptors (Lipinski definition) is 6. The molecule has 0 aliphatic heterocycles. The van der Waals surface area contributed by atoms with Crippen molar-refractivity contribution in [3.63, 3.8) is 0 Å².